The molecule has 1 N–H and O–H groups in total. The largest absolute Gasteiger partial charge is 0.381 e. The van der Waals surface area contributed by atoms with Crippen molar-refractivity contribution in [2.75, 3.05) is 6.54 Å². The SMILES string of the molecule is C[C@H]1C[C@H]2[C@@H]3CCC4=CC(=O)C=C[C@]4(C)C3=CC[C@]2(C)[C@@]1(O)C(=O)CN1C(=O)CCC1=O. The molecule has 3 fully saturated rings. The van der Waals surface area contributed by atoms with Crippen LogP contribution in [0.4, 0.5) is 0 Å². The highest BCUT2D eigenvalue weighted by atomic mass is 16.3. The van der Waals surface area contributed by atoms with Crippen LogP contribution in [0.5, 0.6) is 0 Å². The number of amides is 2. The van der Waals surface area contributed by atoms with Crippen molar-refractivity contribution >= 4 is 23.4 Å². The second kappa shape index (κ2) is 6.83. The number of allylic oxidation sites excluding steroid dienone is 6. The summed E-state index contributed by atoms with van der Waals surface area (Å²) < 4.78 is 0. The number of fused-ring (bicyclic) bond motifs is 5. The van der Waals surface area contributed by atoms with Gasteiger partial charge in [-0.3, -0.25) is 24.1 Å². The predicted octanol–water partition coefficient (Wildman–Crippen LogP) is 2.91. The number of rotatable bonds is 3. The van der Waals surface area contributed by atoms with Gasteiger partial charge in [0.05, 0.1) is 6.54 Å². The lowest BCUT2D eigenvalue weighted by molar-refractivity contribution is -0.162. The van der Waals surface area contributed by atoms with Gasteiger partial charge in [0.2, 0.25) is 11.8 Å². The number of carbonyl (C=O) groups excluding carboxylic acids is 4. The van der Waals surface area contributed by atoms with Crippen molar-refractivity contribution in [3.63, 3.8) is 0 Å². The molecular formula is C26H31NO5. The van der Waals surface area contributed by atoms with E-state index < -0.39 is 16.8 Å². The molecule has 32 heavy (non-hydrogen) atoms. The zero-order valence-electron chi connectivity index (χ0n) is 19.0. The molecule has 0 unspecified atom stereocenters. The number of imide groups is 1. The highest BCUT2D eigenvalue weighted by Gasteiger charge is 2.67. The van der Waals surface area contributed by atoms with E-state index in [1.54, 1.807) is 12.2 Å². The van der Waals surface area contributed by atoms with Gasteiger partial charge in [-0.25, -0.2) is 0 Å². The van der Waals surface area contributed by atoms with E-state index in [0.717, 1.165) is 29.7 Å². The highest BCUT2D eigenvalue weighted by Crippen LogP contribution is 2.66. The number of carbonyl (C=O) groups is 4. The summed E-state index contributed by atoms with van der Waals surface area (Å²) in [6, 6.07) is 0. The maximum atomic E-state index is 13.5. The third kappa shape index (κ3) is 2.62. The molecule has 0 radical (unpaired) electrons. The summed E-state index contributed by atoms with van der Waals surface area (Å²) in [5.74, 6) is -0.946. The fraction of sp³-hybridized carbons (Fsp3) is 0.615. The fourth-order valence-electron chi connectivity index (χ4n) is 7.52. The zero-order valence-corrected chi connectivity index (χ0v) is 19.0. The Bertz CT molecular complexity index is 1020. The molecule has 2 amide bonds. The predicted molar refractivity (Wildman–Crippen MR) is 117 cm³/mol. The first-order valence-electron chi connectivity index (χ1n) is 11.8. The first-order valence-corrected chi connectivity index (χ1v) is 11.8. The van der Waals surface area contributed by atoms with Gasteiger partial charge >= 0.3 is 0 Å². The summed E-state index contributed by atoms with van der Waals surface area (Å²) in [7, 11) is 0. The van der Waals surface area contributed by atoms with Crippen molar-refractivity contribution in [3.05, 3.63) is 35.5 Å². The van der Waals surface area contributed by atoms with Crippen LogP contribution >= 0.6 is 0 Å². The van der Waals surface area contributed by atoms with E-state index in [-0.39, 0.29) is 60.2 Å². The van der Waals surface area contributed by atoms with Crippen molar-refractivity contribution in [1.82, 2.24) is 4.90 Å². The van der Waals surface area contributed by atoms with Gasteiger partial charge in [0, 0.05) is 23.7 Å². The summed E-state index contributed by atoms with van der Waals surface area (Å²) >= 11 is 0. The number of hydrogen-bond acceptors (Lipinski definition) is 5. The van der Waals surface area contributed by atoms with Crippen LogP contribution in [-0.2, 0) is 19.2 Å². The Labute approximate surface area is 188 Å². The van der Waals surface area contributed by atoms with Gasteiger partial charge in [-0.1, -0.05) is 37.1 Å². The first kappa shape index (κ1) is 21.5. The molecule has 2 saturated carbocycles. The van der Waals surface area contributed by atoms with Crippen LogP contribution in [0.3, 0.4) is 0 Å². The topological polar surface area (TPSA) is 91.8 Å². The molecule has 1 heterocycles. The molecule has 1 saturated heterocycles. The molecule has 0 spiro atoms. The second-order valence-electron chi connectivity index (χ2n) is 10.8. The van der Waals surface area contributed by atoms with Gasteiger partial charge in [-0.2, -0.15) is 0 Å². The molecule has 5 rings (SSSR count). The second-order valence-corrected chi connectivity index (χ2v) is 10.8. The van der Waals surface area contributed by atoms with Crippen LogP contribution in [0.25, 0.3) is 0 Å². The van der Waals surface area contributed by atoms with E-state index in [2.05, 4.69) is 13.0 Å². The standard InChI is InChI=1S/C26H31NO5/c1-15-12-20-18-5-4-16-13-17(28)8-10-24(16,2)19(18)9-11-25(20,3)26(15,32)21(29)14-27-22(30)6-7-23(27)31/h8-10,13,15,18,20,32H,4-7,11-12,14H2,1-3H3/t15-,18+,20-,24-,25-,26-/m0/s1. The van der Waals surface area contributed by atoms with E-state index in [4.69, 9.17) is 0 Å². The maximum Gasteiger partial charge on any atom is 0.230 e. The summed E-state index contributed by atoms with van der Waals surface area (Å²) in [4.78, 5) is 50.6. The molecule has 0 aromatic carbocycles. The molecule has 0 bridgehead atoms. The molecule has 4 aliphatic carbocycles. The smallest absolute Gasteiger partial charge is 0.230 e. The average Bonchev–Trinajstić information content (AvgIpc) is 3.17. The van der Waals surface area contributed by atoms with Crippen molar-refractivity contribution in [1.29, 1.82) is 0 Å². The number of aliphatic hydroxyl groups is 1. The van der Waals surface area contributed by atoms with Crippen molar-refractivity contribution in [2.45, 2.75) is 64.9 Å². The van der Waals surface area contributed by atoms with E-state index in [9.17, 15) is 24.3 Å². The van der Waals surface area contributed by atoms with Crippen LogP contribution in [0.2, 0.25) is 0 Å². The monoisotopic (exact) mass is 437 g/mol. The number of ketones is 2. The Kier molecular flexibility index (Phi) is 4.59. The maximum absolute atomic E-state index is 13.5. The summed E-state index contributed by atoms with van der Waals surface area (Å²) in [6.07, 6.45) is 10.9. The minimum atomic E-state index is -1.59. The highest BCUT2D eigenvalue weighted by molar-refractivity contribution is 6.06. The first-order chi connectivity index (χ1) is 15.0. The molecule has 1 aliphatic heterocycles. The minimum absolute atomic E-state index is 0.0395. The van der Waals surface area contributed by atoms with Gasteiger partial charge in [0.15, 0.2) is 11.6 Å². The lowest BCUT2D eigenvalue weighted by Crippen LogP contribution is -2.59. The lowest BCUT2D eigenvalue weighted by atomic mass is 9.51. The Hall–Kier alpha value is -2.34. The fourth-order valence-corrected chi connectivity index (χ4v) is 7.52. The molecule has 170 valence electrons. The van der Waals surface area contributed by atoms with Crippen molar-refractivity contribution < 1.29 is 24.3 Å². The molecule has 0 aromatic heterocycles. The summed E-state index contributed by atoms with van der Waals surface area (Å²) in [5, 5.41) is 11.9. The van der Waals surface area contributed by atoms with E-state index in [0.29, 0.717) is 6.42 Å². The van der Waals surface area contributed by atoms with Gasteiger partial charge in [0.25, 0.3) is 0 Å². The molecule has 6 heteroatoms. The van der Waals surface area contributed by atoms with E-state index in [1.807, 2.05) is 19.9 Å². The normalized spacial score (nSPS) is 42.9. The van der Waals surface area contributed by atoms with Crippen molar-refractivity contribution in [3.8, 4) is 0 Å². The van der Waals surface area contributed by atoms with E-state index >= 15 is 0 Å². The molecule has 5 aliphatic rings. The van der Waals surface area contributed by atoms with Gasteiger partial charge in [-0.05, 0) is 62.5 Å². The average molecular weight is 438 g/mol. The minimum Gasteiger partial charge on any atom is -0.381 e. The summed E-state index contributed by atoms with van der Waals surface area (Å²) in [6.45, 7) is 5.76. The molecule has 6 nitrogen and oxygen atoms in total. The Morgan fingerprint density at radius 3 is 2.53 bits per heavy atom. The van der Waals surface area contributed by atoms with Gasteiger partial charge < -0.3 is 5.11 Å². The third-order valence-corrected chi connectivity index (χ3v) is 9.41. The number of Topliss-reactive ketones (excluding diaryl/α,β-unsaturated/α-hetero) is 1. The Morgan fingerprint density at radius 2 is 1.84 bits per heavy atom. The number of hydrogen-bond donors (Lipinski definition) is 1. The molecular weight excluding hydrogens is 406 g/mol. The Balaban J connectivity index is 1.49. The third-order valence-electron chi connectivity index (χ3n) is 9.41. The number of nitrogens with zero attached hydrogens (tertiary/aromatic N) is 1. The number of likely N-dealkylation sites (tertiary alicyclic amines) is 1. The molecule has 6 atom stereocenters. The van der Waals surface area contributed by atoms with Gasteiger partial charge in [0.1, 0.15) is 5.60 Å². The Morgan fingerprint density at radius 1 is 1.16 bits per heavy atom. The van der Waals surface area contributed by atoms with E-state index in [1.165, 1.54) is 5.57 Å². The lowest BCUT2D eigenvalue weighted by Gasteiger charge is -2.53. The van der Waals surface area contributed by atoms with Crippen LogP contribution in [0.15, 0.2) is 35.5 Å². The van der Waals surface area contributed by atoms with Gasteiger partial charge in [-0.15, -0.1) is 0 Å². The van der Waals surface area contributed by atoms with Crippen LogP contribution in [0, 0.1) is 28.6 Å². The van der Waals surface area contributed by atoms with Crippen LogP contribution in [-0.4, -0.2) is 45.5 Å². The van der Waals surface area contributed by atoms with Crippen LogP contribution in [0.1, 0.15) is 59.3 Å². The molecule has 0 aromatic rings. The van der Waals surface area contributed by atoms with Crippen molar-refractivity contribution in [2.24, 2.45) is 28.6 Å². The summed E-state index contributed by atoms with van der Waals surface area (Å²) in [5.41, 5.74) is -0.0665. The quantitative estimate of drug-likeness (QED) is 0.541. The van der Waals surface area contributed by atoms with Crippen LogP contribution < -0.4 is 0 Å². The zero-order chi connectivity index (χ0) is 23.1.